The summed E-state index contributed by atoms with van der Waals surface area (Å²) in [6.07, 6.45) is 5.24. The van der Waals surface area contributed by atoms with Gasteiger partial charge in [-0.2, -0.15) is 0 Å². The summed E-state index contributed by atoms with van der Waals surface area (Å²) in [5, 5.41) is 1.93. The fourth-order valence-corrected chi connectivity index (χ4v) is 5.02. The molecule has 2 aromatic carbocycles. The van der Waals surface area contributed by atoms with Gasteiger partial charge in [-0.3, -0.25) is 20.7 Å². The first kappa shape index (κ1) is 20.7. The molecule has 0 radical (unpaired) electrons. The molecule has 2 aliphatic rings. The molecule has 3 unspecified atom stereocenters. The summed E-state index contributed by atoms with van der Waals surface area (Å²) in [4.78, 5) is 7.01. The minimum absolute atomic E-state index is 0.450. The number of aromatic nitrogens is 1. The van der Waals surface area contributed by atoms with E-state index < -0.39 is 0 Å². The number of nitrogens with zero attached hydrogens (tertiary/aromatic N) is 2. The van der Waals surface area contributed by atoms with Crippen LogP contribution in [0, 0.1) is 5.92 Å². The van der Waals surface area contributed by atoms with Gasteiger partial charge in [0.25, 0.3) is 0 Å². The van der Waals surface area contributed by atoms with E-state index in [-0.39, 0.29) is 0 Å². The zero-order valence-corrected chi connectivity index (χ0v) is 18.4. The number of benzene rings is 2. The molecule has 3 aromatic rings. The van der Waals surface area contributed by atoms with E-state index in [0.29, 0.717) is 29.6 Å². The molecule has 3 atom stereocenters. The molecule has 3 heterocycles. The number of nitrogens with one attached hydrogen (secondary N) is 2. The molecule has 5 nitrogen and oxygen atoms in total. The normalized spacial score (nSPS) is 24.1. The smallest absolute Gasteiger partial charge is 0.120 e. The summed E-state index contributed by atoms with van der Waals surface area (Å²) in [5.41, 5.74) is 9.47. The van der Waals surface area contributed by atoms with E-state index in [9.17, 15) is 0 Å². The highest BCUT2D eigenvalue weighted by Gasteiger charge is 2.34. The highest BCUT2D eigenvalue weighted by Crippen LogP contribution is 2.27. The summed E-state index contributed by atoms with van der Waals surface area (Å²) in [6.45, 7) is 4.02. The number of fused-ring (bicyclic) bond motifs is 1. The van der Waals surface area contributed by atoms with Crippen molar-refractivity contribution in [3.63, 3.8) is 0 Å². The predicted octanol–water partition coefficient (Wildman–Crippen LogP) is 4.41. The standard InChI is InChI=1S/C25H29ClN4O/c26-21-4-1-5-23(14-21)31-12-9-22-15-25(29-28-22)20-8-11-30(17-20)16-18-6-7-24-19(13-18)3-2-10-27-24/h1-7,10,13-14,20,22,25,28-29H,8-9,11-12,15-17H2. The van der Waals surface area contributed by atoms with Crippen LogP contribution in [0.4, 0.5) is 0 Å². The SMILES string of the molecule is Clc1cccc(OCCC2CC(C3CCN(Cc4ccc5ncccc5c4)C3)NN2)c1. The van der Waals surface area contributed by atoms with Crippen LogP contribution in [-0.2, 0) is 6.54 Å². The lowest BCUT2D eigenvalue weighted by molar-refractivity contribution is 0.288. The lowest BCUT2D eigenvalue weighted by atomic mass is 9.94. The molecule has 2 aliphatic heterocycles. The molecule has 6 heteroatoms. The molecule has 0 amide bonds. The van der Waals surface area contributed by atoms with E-state index in [1.165, 1.54) is 17.4 Å². The number of rotatable bonds is 7. The monoisotopic (exact) mass is 436 g/mol. The number of halogens is 1. The maximum atomic E-state index is 6.02. The Labute approximate surface area is 188 Å². The number of pyridine rings is 1. The van der Waals surface area contributed by atoms with Gasteiger partial charge in [-0.05, 0) is 73.7 Å². The molecule has 0 aliphatic carbocycles. The Bertz CT molecular complexity index is 1030. The lowest BCUT2D eigenvalue weighted by Crippen LogP contribution is -2.38. The summed E-state index contributed by atoms with van der Waals surface area (Å²) < 4.78 is 5.86. The summed E-state index contributed by atoms with van der Waals surface area (Å²) in [5.74, 6) is 1.53. The number of hydrogen-bond donors (Lipinski definition) is 2. The van der Waals surface area contributed by atoms with Gasteiger partial charge in [0, 0.05) is 41.8 Å². The van der Waals surface area contributed by atoms with E-state index >= 15 is 0 Å². The fourth-order valence-electron chi connectivity index (χ4n) is 4.84. The fraction of sp³-hybridized carbons (Fsp3) is 0.400. The molecule has 0 spiro atoms. The van der Waals surface area contributed by atoms with Gasteiger partial charge in [0.1, 0.15) is 5.75 Å². The van der Waals surface area contributed by atoms with Gasteiger partial charge in [0.2, 0.25) is 0 Å². The van der Waals surface area contributed by atoms with Crippen LogP contribution in [0.15, 0.2) is 60.8 Å². The van der Waals surface area contributed by atoms with Crippen LogP contribution in [0.2, 0.25) is 5.02 Å². The average Bonchev–Trinajstić information content (AvgIpc) is 3.43. The molecule has 5 rings (SSSR count). The first-order valence-electron chi connectivity index (χ1n) is 11.2. The Morgan fingerprint density at radius 3 is 3.00 bits per heavy atom. The van der Waals surface area contributed by atoms with Gasteiger partial charge >= 0.3 is 0 Å². The van der Waals surface area contributed by atoms with Crippen molar-refractivity contribution >= 4 is 22.5 Å². The topological polar surface area (TPSA) is 49.4 Å². The van der Waals surface area contributed by atoms with Crippen molar-refractivity contribution < 1.29 is 4.74 Å². The van der Waals surface area contributed by atoms with Crippen LogP contribution in [-0.4, -0.2) is 41.7 Å². The summed E-state index contributed by atoms with van der Waals surface area (Å²) in [7, 11) is 0. The largest absolute Gasteiger partial charge is 0.493 e. The second-order valence-electron chi connectivity index (χ2n) is 8.74. The van der Waals surface area contributed by atoms with Crippen LogP contribution in [0.1, 0.15) is 24.8 Å². The van der Waals surface area contributed by atoms with E-state index in [0.717, 1.165) is 43.7 Å². The molecule has 2 N–H and O–H groups in total. The van der Waals surface area contributed by atoms with Crippen molar-refractivity contribution in [1.29, 1.82) is 0 Å². The van der Waals surface area contributed by atoms with Gasteiger partial charge in [-0.15, -0.1) is 0 Å². The minimum Gasteiger partial charge on any atom is -0.493 e. The zero-order valence-electron chi connectivity index (χ0n) is 17.6. The Morgan fingerprint density at radius 1 is 1.10 bits per heavy atom. The predicted molar refractivity (Wildman–Crippen MR) is 125 cm³/mol. The maximum Gasteiger partial charge on any atom is 0.120 e. The van der Waals surface area contributed by atoms with Crippen LogP contribution in [0.25, 0.3) is 10.9 Å². The Hall–Kier alpha value is -2.18. The molecule has 0 bridgehead atoms. The second kappa shape index (κ2) is 9.53. The van der Waals surface area contributed by atoms with Crippen LogP contribution in [0.5, 0.6) is 5.75 Å². The number of hydrogen-bond acceptors (Lipinski definition) is 5. The number of likely N-dealkylation sites (tertiary alicyclic amines) is 1. The van der Waals surface area contributed by atoms with Gasteiger partial charge in [-0.1, -0.05) is 29.8 Å². The summed E-state index contributed by atoms with van der Waals surface area (Å²) >= 11 is 6.02. The van der Waals surface area contributed by atoms with E-state index in [1.807, 2.05) is 36.5 Å². The van der Waals surface area contributed by atoms with E-state index in [1.54, 1.807) is 0 Å². The van der Waals surface area contributed by atoms with Crippen LogP contribution >= 0.6 is 11.6 Å². The number of hydrazine groups is 1. The first-order valence-corrected chi connectivity index (χ1v) is 11.6. The van der Waals surface area contributed by atoms with Crippen molar-refractivity contribution in [2.24, 2.45) is 5.92 Å². The minimum atomic E-state index is 0.450. The third-order valence-corrected chi connectivity index (χ3v) is 6.73. The van der Waals surface area contributed by atoms with Crippen molar-refractivity contribution in [1.82, 2.24) is 20.7 Å². The number of ether oxygens (including phenoxy) is 1. The third kappa shape index (κ3) is 5.18. The van der Waals surface area contributed by atoms with Gasteiger partial charge in [-0.25, -0.2) is 0 Å². The molecule has 1 aromatic heterocycles. The molecule has 162 valence electrons. The molecular formula is C25H29ClN4O. The van der Waals surface area contributed by atoms with Crippen molar-refractivity contribution in [3.05, 3.63) is 71.4 Å². The molecule has 0 saturated carbocycles. The summed E-state index contributed by atoms with van der Waals surface area (Å²) in [6, 6.07) is 19.4. The Balaban J connectivity index is 1.08. The lowest BCUT2D eigenvalue weighted by Gasteiger charge is -2.20. The zero-order chi connectivity index (χ0) is 21.0. The van der Waals surface area contributed by atoms with Crippen LogP contribution in [0.3, 0.4) is 0 Å². The quantitative estimate of drug-likeness (QED) is 0.574. The highest BCUT2D eigenvalue weighted by atomic mass is 35.5. The van der Waals surface area contributed by atoms with Gasteiger partial charge in [0.05, 0.1) is 12.1 Å². The Morgan fingerprint density at radius 2 is 2.06 bits per heavy atom. The van der Waals surface area contributed by atoms with Gasteiger partial charge in [0.15, 0.2) is 0 Å². The Kier molecular flexibility index (Phi) is 6.37. The van der Waals surface area contributed by atoms with E-state index in [4.69, 9.17) is 16.3 Å². The average molecular weight is 437 g/mol. The van der Waals surface area contributed by atoms with Crippen molar-refractivity contribution in [2.75, 3.05) is 19.7 Å². The van der Waals surface area contributed by atoms with Crippen molar-refractivity contribution in [3.8, 4) is 5.75 Å². The molecular weight excluding hydrogens is 408 g/mol. The first-order chi connectivity index (χ1) is 15.2. The second-order valence-corrected chi connectivity index (χ2v) is 9.17. The van der Waals surface area contributed by atoms with Crippen molar-refractivity contribution in [2.45, 2.75) is 37.9 Å². The third-order valence-electron chi connectivity index (χ3n) is 6.49. The van der Waals surface area contributed by atoms with E-state index in [2.05, 4.69) is 45.0 Å². The van der Waals surface area contributed by atoms with Gasteiger partial charge < -0.3 is 4.74 Å². The maximum absolute atomic E-state index is 6.02. The highest BCUT2D eigenvalue weighted by molar-refractivity contribution is 6.30. The molecule has 2 fully saturated rings. The molecule has 31 heavy (non-hydrogen) atoms. The molecule has 2 saturated heterocycles. The van der Waals surface area contributed by atoms with Crippen LogP contribution < -0.4 is 15.6 Å².